The highest BCUT2D eigenvalue weighted by atomic mass is 32.1. The molecule has 0 fully saturated rings. The Balaban J connectivity index is 1.80. The van der Waals surface area contributed by atoms with Gasteiger partial charge in [0.1, 0.15) is 5.52 Å². The summed E-state index contributed by atoms with van der Waals surface area (Å²) in [7, 11) is 0. The van der Waals surface area contributed by atoms with Crippen molar-refractivity contribution in [3.8, 4) is 20.5 Å². The predicted molar refractivity (Wildman–Crippen MR) is 80.6 cm³/mol. The van der Waals surface area contributed by atoms with E-state index in [4.69, 9.17) is 4.42 Å². The van der Waals surface area contributed by atoms with Crippen LogP contribution in [-0.2, 0) is 0 Å². The standard InChI is InChI=1S/C15H9NOS2/c1-2-5-11-10(4-1)16-15(17-11)14-8-7-13(19-14)12-6-3-9-18-12/h1-9H. The van der Waals surface area contributed by atoms with E-state index in [1.807, 2.05) is 24.3 Å². The van der Waals surface area contributed by atoms with Gasteiger partial charge in [0.05, 0.1) is 4.88 Å². The Morgan fingerprint density at radius 2 is 1.74 bits per heavy atom. The quantitative estimate of drug-likeness (QED) is 0.500. The summed E-state index contributed by atoms with van der Waals surface area (Å²) in [5, 5.41) is 2.09. The van der Waals surface area contributed by atoms with Crippen LogP contribution in [0.2, 0.25) is 0 Å². The number of hydrogen-bond donors (Lipinski definition) is 0. The van der Waals surface area contributed by atoms with Crippen molar-refractivity contribution in [3.05, 3.63) is 53.9 Å². The molecule has 4 heteroatoms. The summed E-state index contributed by atoms with van der Waals surface area (Å²) in [6.45, 7) is 0. The van der Waals surface area contributed by atoms with Crippen molar-refractivity contribution in [2.24, 2.45) is 0 Å². The highest BCUT2D eigenvalue weighted by molar-refractivity contribution is 7.23. The molecule has 4 rings (SSSR count). The second-order valence-corrected chi connectivity index (χ2v) is 6.16. The fourth-order valence-electron chi connectivity index (χ4n) is 1.98. The van der Waals surface area contributed by atoms with E-state index >= 15 is 0 Å². The van der Waals surface area contributed by atoms with Crippen LogP contribution in [0.4, 0.5) is 0 Å². The Morgan fingerprint density at radius 1 is 0.842 bits per heavy atom. The molecule has 3 aromatic heterocycles. The van der Waals surface area contributed by atoms with Crippen LogP contribution in [0.25, 0.3) is 31.6 Å². The Labute approximate surface area is 118 Å². The third-order valence-corrected chi connectivity index (χ3v) is 5.01. The maximum Gasteiger partial charge on any atom is 0.237 e. The van der Waals surface area contributed by atoms with Crippen LogP contribution < -0.4 is 0 Å². The minimum atomic E-state index is 0.703. The molecule has 19 heavy (non-hydrogen) atoms. The second-order valence-electron chi connectivity index (χ2n) is 4.13. The fourth-order valence-corrected chi connectivity index (χ4v) is 3.75. The second kappa shape index (κ2) is 4.33. The first kappa shape index (κ1) is 11.0. The van der Waals surface area contributed by atoms with Crippen molar-refractivity contribution in [2.75, 3.05) is 0 Å². The summed E-state index contributed by atoms with van der Waals surface area (Å²) in [5.41, 5.74) is 1.74. The van der Waals surface area contributed by atoms with E-state index in [0.29, 0.717) is 5.89 Å². The molecule has 4 aromatic rings. The van der Waals surface area contributed by atoms with Gasteiger partial charge in [-0.2, -0.15) is 0 Å². The van der Waals surface area contributed by atoms with Gasteiger partial charge < -0.3 is 4.42 Å². The molecule has 1 aromatic carbocycles. The number of thiophene rings is 2. The van der Waals surface area contributed by atoms with Gasteiger partial charge in [0.2, 0.25) is 5.89 Å². The largest absolute Gasteiger partial charge is 0.435 e. The number of benzene rings is 1. The van der Waals surface area contributed by atoms with Gasteiger partial charge in [-0.25, -0.2) is 4.98 Å². The van der Waals surface area contributed by atoms with Gasteiger partial charge >= 0.3 is 0 Å². The molecule has 92 valence electrons. The van der Waals surface area contributed by atoms with E-state index in [0.717, 1.165) is 16.0 Å². The molecule has 0 radical (unpaired) electrons. The molecule has 0 unspecified atom stereocenters. The van der Waals surface area contributed by atoms with E-state index in [1.54, 1.807) is 22.7 Å². The molecule has 0 atom stereocenters. The monoisotopic (exact) mass is 283 g/mol. The van der Waals surface area contributed by atoms with Crippen LogP contribution in [-0.4, -0.2) is 4.98 Å². The van der Waals surface area contributed by atoms with E-state index in [2.05, 4.69) is 34.6 Å². The predicted octanol–water partition coefficient (Wildman–Crippen LogP) is 5.28. The molecule has 2 nitrogen and oxygen atoms in total. The third-order valence-electron chi connectivity index (χ3n) is 2.87. The van der Waals surface area contributed by atoms with Crippen molar-refractivity contribution < 1.29 is 4.42 Å². The number of rotatable bonds is 2. The molecular weight excluding hydrogens is 274 g/mol. The molecule has 0 spiro atoms. The highest BCUT2D eigenvalue weighted by Crippen LogP contribution is 2.36. The SMILES string of the molecule is c1csc(-c2ccc(-c3nc4ccccc4o3)s2)c1. The van der Waals surface area contributed by atoms with Crippen LogP contribution in [0.3, 0.4) is 0 Å². The number of fused-ring (bicyclic) bond motifs is 1. The van der Waals surface area contributed by atoms with Crippen molar-refractivity contribution >= 4 is 33.8 Å². The number of hydrogen-bond acceptors (Lipinski definition) is 4. The Hall–Kier alpha value is -1.91. The van der Waals surface area contributed by atoms with Gasteiger partial charge in [-0.15, -0.1) is 22.7 Å². The lowest BCUT2D eigenvalue weighted by Crippen LogP contribution is -1.68. The van der Waals surface area contributed by atoms with Crippen LogP contribution in [0.5, 0.6) is 0 Å². The lowest BCUT2D eigenvalue weighted by Gasteiger charge is -1.88. The van der Waals surface area contributed by atoms with Gasteiger partial charge in [0.25, 0.3) is 0 Å². The normalized spacial score (nSPS) is 11.2. The van der Waals surface area contributed by atoms with Crippen LogP contribution in [0, 0.1) is 0 Å². The molecule has 0 aliphatic rings. The third kappa shape index (κ3) is 1.89. The lowest BCUT2D eigenvalue weighted by molar-refractivity contribution is 0.621. The zero-order valence-corrected chi connectivity index (χ0v) is 11.5. The molecular formula is C15H9NOS2. The highest BCUT2D eigenvalue weighted by Gasteiger charge is 2.11. The maximum absolute atomic E-state index is 5.79. The Bertz CT molecular complexity index is 794. The Kier molecular flexibility index (Phi) is 2.50. The number of nitrogens with zero attached hydrogens (tertiary/aromatic N) is 1. The van der Waals surface area contributed by atoms with Crippen molar-refractivity contribution in [1.82, 2.24) is 4.98 Å². The van der Waals surface area contributed by atoms with Gasteiger partial charge in [0, 0.05) is 9.75 Å². The maximum atomic E-state index is 5.79. The zero-order chi connectivity index (χ0) is 12.7. The Morgan fingerprint density at radius 3 is 2.58 bits per heavy atom. The fraction of sp³-hybridized carbons (Fsp3) is 0. The first-order valence-electron chi connectivity index (χ1n) is 5.90. The van der Waals surface area contributed by atoms with Crippen molar-refractivity contribution in [1.29, 1.82) is 0 Å². The minimum Gasteiger partial charge on any atom is -0.435 e. The number of oxazole rings is 1. The number of aromatic nitrogens is 1. The van der Waals surface area contributed by atoms with Crippen LogP contribution in [0.15, 0.2) is 58.3 Å². The smallest absolute Gasteiger partial charge is 0.237 e. The summed E-state index contributed by atoms with van der Waals surface area (Å²) >= 11 is 3.46. The molecule has 0 saturated carbocycles. The van der Waals surface area contributed by atoms with Gasteiger partial charge in [0.15, 0.2) is 5.58 Å². The average molecular weight is 283 g/mol. The van der Waals surface area contributed by atoms with Crippen molar-refractivity contribution in [3.63, 3.8) is 0 Å². The minimum absolute atomic E-state index is 0.703. The molecule has 0 N–H and O–H groups in total. The summed E-state index contributed by atoms with van der Waals surface area (Å²) < 4.78 is 5.79. The lowest BCUT2D eigenvalue weighted by atomic mass is 10.3. The van der Waals surface area contributed by atoms with E-state index in [-0.39, 0.29) is 0 Å². The van der Waals surface area contributed by atoms with Gasteiger partial charge in [-0.05, 0) is 35.7 Å². The molecule has 0 aliphatic carbocycles. The molecule has 0 bridgehead atoms. The topological polar surface area (TPSA) is 26.0 Å². The average Bonchev–Trinajstić information content (AvgIpc) is 3.17. The molecule has 3 heterocycles. The van der Waals surface area contributed by atoms with E-state index < -0.39 is 0 Å². The first-order chi connectivity index (χ1) is 9.40. The summed E-state index contributed by atoms with van der Waals surface area (Å²) in [6, 6.07) is 16.2. The number of para-hydroxylation sites is 2. The van der Waals surface area contributed by atoms with Gasteiger partial charge in [-0.3, -0.25) is 0 Å². The molecule has 0 aliphatic heterocycles. The van der Waals surface area contributed by atoms with Crippen LogP contribution in [0.1, 0.15) is 0 Å². The molecule has 0 amide bonds. The van der Waals surface area contributed by atoms with E-state index in [9.17, 15) is 0 Å². The summed E-state index contributed by atoms with van der Waals surface area (Å²) in [5.74, 6) is 0.703. The molecule has 0 saturated heterocycles. The zero-order valence-electron chi connectivity index (χ0n) is 9.87. The van der Waals surface area contributed by atoms with Crippen molar-refractivity contribution in [2.45, 2.75) is 0 Å². The van der Waals surface area contributed by atoms with E-state index in [1.165, 1.54) is 9.75 Å². The summed E-state index contributed by atoms with van der Waals surface area (Å²) in [4.78, 5) is 8.14. The van der Waals surface area contributed by atoms with Crippen LogP contribution >= 0.6 is 22.7 Å². The van der Waals surface area contributed by atoms with Gasteiger partial charge in [-0.1, -0.05) is 18.2 Å². The first-order valence-corrected chi connectivity index (χ1v) is 7.59. The summed E-state index contributed by atoms with van der Waals surface area (Å²) in [6.07, 6.45) is 0.